The van der Waals surface area contributed by atoms with Crippen LogP contribution < -0.4 is 0 Å². The first kappa shape index (κ1) is 20.1. The molecule has 0 spiro atoms. The molecule has 2 unspecified atom stereocenters. The first-order chi connectivity index (χ1) is 13.4. The van der Waals surface area contributed by atoms with Crippen LogP contribution in [0.2, 0.25) is 0 Å². The van der Waals surface area contributed by atoms with Crippen molar-refractivity contribution in [2.75, 3.05) is 0 Å². The summed E-state index contributed by atoms with van der Waals surface area (Å²) in [7, 11) is 0. The van der Waals surface area contributed by atoms with Gasteiger partial charge >= 0.3 is 0 Å². The molecule has 0 saturated heterocycles. The highest BCUT2D eigenvalue weighted by molar-refractivity contribution is 5.54. The lowest BCUT2D eigenvalue weighted by atomic mass is 9.88. The molecule has 0 N–H and O–H groups in total. The van der Waals surface area contributed by atoms with E-state index in [9.17, 15) is 5.26 Å². The minimum absolute atomic E-state index is 0.259. The molecular weight excluding hydrogens is 342 g/mol. The maximum absolute atomic E-state index is 9.58. The number of allylic oxidation sites excluding steroid dienone is 4. The first-order valence-corrected chi connectivity index (χ1v) is 10.3. The lowest BCUT2D eigenvalue weighted by Gasteiger charge is -2.25. The fourth-order valence-corrected chi connectivity index (χ4v) is 4.11. The van der Waals surface area contributed by atoms with Gasteiger partial charge in [-0.1, -0.05) is 58.9 Å². The van der Waals surface area contributed by atoms with Gasteiger partial charge in [0.25, 0.3) is 0 Å². The summed E-state index contributed by atoms with van der Waals surface area (Å²) in [4.78, 5) is 4.76. The van der Waals surface area contributed by atoms with E-state index in [1.807, 2.05) is 6.20 Å². The van der Waals surface area contributed by atoms with Crippen molar-refractivity contribution in [3.63, 3.8) is 0 Å². The number of benzene rings is 1. The molecule has 1 aromatic carbocycles. The van der Waals surface area contributed by atoms with Gasteiger partial charge in [-0.05, 0) is 53.9 Å². The highest BCUT2D eigenvalue weighted by Gasteiger charge is 2.24. The maximum Gasteiger partial charge on any atom is 0.120 e. The third-order valence-corrected chi connectivity index (χ3v) is 5.27. The summed E-state index contributed by atoms with van der Waals surface area (Å²) < 4.78 is 2.28. The van der Waals surface area contributed by atoms with E-state index in [1.54, 1.807) is 0 Å². The van der Waals surface area contributed by atoms with E-state index in [0.717, 1.165) is 24.2 Å². The Labute approximate surface area is 169 Å². The highest BCUT2D eigenvalue weighted by Crippen LogP contribution is 2.34. The van der Waals surface area contributed by atoms with Crippen LogP contribution in [0.3, 0.4) is 0 Å². The molecule has 2 aromatic rings. The van der Waals surface area contributed by atoms with E-state index < -0.39 is 0 Å². The standard InChI is InChI=1S/C25H31N3/c1-17(2)12-21-14-20(16-26)15-22(13-18(3)4)24(21)28-11-10-27-25(28)23-9-7-6-8-19(23)5/h6-11,14-15,17-19,23H,12-13H2,1-5H3. The van der Waals surface area contributed by atoms with Crippen molar-refractivity contribution in [3.05, 3.63) is 71.3 Å². The van der Waals surface area contributed by atoms with E-state index >= 15 is 0 Å². The number of imidazole rings is 1. The van der Waals surface area contributed by atoms with Gasteiger partial charge in [0.15, 0.2) is 0 Å². The molecule has 146 valence electrons. The Morgan fingerprint density at radius 1 is 1.04 bits per heavy atom. The van der Waals surface area contributed by atoms with E-state index in [-0.39, 0.29) is 5.92 Å². The van der Waals surface area contributed by atoms with Gasteiger partial charge in [-0.2, -0.15) is 5.26 Å². The summed E-state index contributed by atoms with van der Waals surface area (Å²) in [5.41, 5.74) is 4.47. The van der Waals surface area contributed by atoms with E-state index in [2.05, 4.69) is 87.9 Å². The van der Waals surface area contributed by atoms with Crippen LogP contribution in [-0.4, -0.2) is 9.55 Å². The molecule has 1 heterocycles. The molecule has 3 heteroatoms. The Hall–Kier alpha value is -2.60. The van der Waals surface area contributed by atoms with Crippen LogP contribution >= 0.6 is 0 Å². The monoisotopic (exact) mass is 373 g/mol. The van der Waals surface area contributed by atoms with Crippen LogP contribution in [-0.2, 0) is 12.8 Å². The summed E-state index contributed by atoms with van der Waals surface area (Å²) >= 11 is 0. The minimum atomic E-state index is 0.259. The second-order valence-corrected chi connectivity index (χ2v) is 8.76. The summed E-state index contributed by atoms with van der Waals surface area (Å²) in [5.74, 6) is 2.78. The van der Waals surface area contributed by atoms with Crippen LogP contribution in [0.5, 0.6) is 0 Å². The zero-order valence-electron chi connectivity index (χ0n) is 17.7. The van der Waals surface area contributed by atoms with Crippen LogP contribution in [0.1, 0.15) is 63.1 Å². The highest BCUT2D eigenvalue weighted by atomic mass is 15.1. The lowest BCUT2D eigenvalue weighted by molar-refractivity contribution is 0.587. The smallest absolute Gasteiger partial charge is 0.120 e. The Morgan fingerprint density at radius 3 is 2.18 bits per heavy atom. The predicted octanol–water partition coefficient (Wildman–Crippen LogP) is 5.99. The molecule has 28 heavy (non-hydrogen) atoms. The molecule has 1 aliphatic rings. The summed E-state index contributed by atoms with van der Waals surface area (Å²) in [5, 5.41) is 9.58. The fraction of sp³-hybridized carbons (Fsp3) is 0.440. The summed E-state index contributed by atoms with van der Waals surface area (Å²) in [6.07, 6.45) is 14.6. The zero-order chi connectivity index (χ0) is 20.3. The van der Waals surface area contributed by atoms with Crippen molar-refractivity contribution in [1.82, 2.24) is 9.55 Å². The average molecular weight is 374 g/mol. The Morgan fingerprint density at radius 2 is 1.64 bits per heavy atom. The SMILES string of the molecule is CC(C)Cc1cc(C#N)cc(CC(C)C)c1-n1ccnc1C1C=CC=CC1C. The van der Waals surface area contributed by atoms with Crippen LogP contribution in [0.25, 0.3) is 5.69 Å². The van der Waals surface area contributed by atoms with Gasteiger partial charge in [0.1, 0.15) is 5.82 Å². The summed E-state index contributed by atoms with van der Waals surface area (Å²) in [6, 6.07) is 6.51. The molecule has 1 aromatic heterocycles. The minimum Gasteiger partial charge on any atom is -0.303 e. The van der Waals surface area contributed by atoms with Gasteiger partial charge < -0.3 is 4.57 Å². The van der Waals surface area contributed by atoms with Crippen LogP contribution in [0, 0.1) is 29.1 Å². The molecule has 3 nitrogen and oxygen atoms in total. The normalized spacial score (nSPS) is 18.8. The average Bonchev–Trinajstić information content (AvgIpc) is 3.09. The number of hydrogen-bond donors (Lipinski definition) is 0. The molecule has 0 radical (unpaired) electrons. The number of nitriles is 1. The van der Waals surface area contributed by atoms with Crippen molar-refractivity contribution in [3.8, 4) is 11.8 Å². The third kappa shape index (κ3) is 4.28. The molecule has 1 aliphatic carbocycles. The molecule has 3 rings (SSSR count). The van der Waals surface area contributed by atoms with Gasteiger partial charge in [0.05, 0.1) is 17.3 Å². The van der Waals surface area contributed by atoms with E-state index in [4.69, 9.17) is 4.98 Å². The first-order valence-electron chi connectivity index (χ1n) is 10.3. The number of rotatable bonds is 6. The number of hydrogen-bond acceptors (Lipinski definition) is 2. The molecule has 0 fully saturated rings. The van der Waals surface area contributed by atoms with Crippen molar-refractivity contribution >= 4 is 0 Å². The van der Waals surface area contributed by atoms with Crippen molar-refractivity contribution in [2.24, 2.45) is 17.8 Å². The summed E-state index contributed by atoms with van der Waals surface area (Å²) in [6.45, 7) is 11.2. The number of nitrogens with zero attached hydrogens (tertiary/aromatic N) is 3. The molecule has 0 saturated carbocycles. The lowest BCUT2D eigenvalue weighted by Crippen LogP contribution is -2.16. The fourth-order valence-electron chi connectivity index (χ4n) is 4.11. The van der Waals surface area contributed by atoms with Crippen molar-refractivity contribution < 1.29 is 0 Å². The second-order valence-electron chi connectivity index (χ2n) is 8.76. The van der Waals surface area contributed by atoms with E-state index in [0.29, 0.717) is 17.8 Å². The van der Waals surface area contributed by atoms with Gasteiger partial charge in [0, 0.05) is 18.3 Å². The van der Waals surface area contributed by atoms with Gasteiger partial charge in [-0.15, -0.1) is 0 Å². The Bertz CT molecular complexity index is 891. The molecule has 0 aliphatic heterocycles. The van der Waals surface area contributed by atoms with E-state index in [1.165, 1.54) is 16.8 Å². The molecular formula is C25H31N3. The Balaban J connectivity index is 2.20. The second kappa shape index (κ2) is 8.61. The maximum atomic E-state index is 9.58. The quantitative estimate of drug-likeness (QED) is 0.624. The molecule has 0 amide bonds. The van der Waals surface area contributed by atoms with Gasteiger partial charge in [-0.3, -0.25) is 0 Å². The molecule has 0 bridgehead atoms. The topological polar surface area (TPSA) is 41.6 Å². The van der Waals surface area contributed by atoms with Gasteiger partial charge in [0.2, 0.25) is 0 Å². The van der Waals surface area contributed by atoms with Crippen LogP contribution in [0.15, 0.2) is 48.8 Å². The van der Waals surface area contributed by atoms with Gasteiger partial charge in [-0.25, -0.2) is 4.98 Å². The largest absolute Gasteiger partial charge is 0.303 e. The molecule has 2 atom stereocenters. The zero-order valence-corrected chi connectivity index (χ0v) is 17.7. The Kier molecular flexibility index (Phi) is 6.19. The van der Waals surface area contributed by atoms with Crippen molar-refractivity contribution in [1.29, 1.82) is 5.26 Å². The third-order valence-electron chi connectivity index (χ3n) is 5.27. The predicted molar refractivity (Wildman–Crippen MR) is 116 cm³/mol. The van der Waals surface area contributed by atoms with Crippen LogP contribution in [0.4, 0.5) is 0 Å². The van der Waals surface area contributed by atoms with Crippen molar-refractivity contribution in [2.45, 2.75) is 53.4 Å². The number of aromatic nitrogens is 2.